The first kappa shape index (κ1) is 25.8. The van der Waals surface area contributed by atoms with Crippen LogP contribution in [-0.4, -0.2) is 41.6 Å². The van der Waals surface area contributed by atoms with Crippen molar-refractivity contribution >= 4 is 11.7 Å². The summed E-state index contributed by atoms with van der Waals surface area (Å²) in [6.07, 6.45) is 0.530. The van der Waals surface area contributed by atoms with Crippen LogP contribution in [0.3, 0.4) is 0 Å². The Bertz CT molecular complexity index is 937. The van der Waals surface area contributed by atoms with E-state index >= 15 is 0 Å². The van der Waals surface area contributed by atoms with Crippen LogP contribution in [0.25, 0.3) is 0 Å². The second kappa shape index (κ2) is 12.6. The number of ether oxygens (including phenoxy) is 1. The van der Waals surface area contributed by atoms with Crippen molar-refractivity contribution in [2.24, 2.45) is 28.3 Å². The Morgan fingerprint density at radius 3 is 2.27 bits per heavy atom. The van der Waals surface area contributed by atoms with E-state index in [-0.39, 0.29) is 24.9 Å². The topological polar surface area (TPSA) is 156 Å². The zero-order valence-electron chi connectivity index (χ0n) is 19.1. The van der Waals surface area contributed by atoms with Gasteiger partial charge >= 0.3 is 0 Å². The number of nitrogens with one attached hydrogen (secondary N) is 1. The number of amides is 1. The van der Waals surface area contributed by atoms with E-state index in [2.05, 4.69) is 16.5 Å². The standard InChI is InChI=1S/C24H33N7O2/c1-24(2,27)23(32)29-21(17-33-16-19-11-7-4-8-12-19)22(26)30-31(28)15-20(14-25)13-18-9-5-3-6-10-18/h3-12,20-21H,13,15-17,27-28H2,1-2H3,(H2,26,30)(H,29,32)/t20?,21-/m1/s1. The average Bonchev–Trinajstić information content (AvgIpc) is 2.78. The first-order valence-corrected chi connectivity index (χ1v) is 10.7. The first-order valence-electron chi connectivity index (χ1n) is 10.7. The Labute approximate surface area is 195 Å². The number of carbonyl (C=O) groups excluding carboxylic acids is 1. The molecule has 0 radical (unpaired) electrons. The number of hydrogen-bond donors (Lipinski definition) is 4. The van der Waals surface area contributed by atoms with Crippen molar-refractivity contribution in [1.29, 1.82) is 5.26 Å². The van der Waals surface area contributed by atoms with E-state index in [1.807, 2.05) is 60.7 Å². The maximum Gasteiger partial charge on any atom is 0.240 e. The predicted molar refractivity (Wildman–Crippen MR) is 128 cm³/mol. The number of hydrazone groups is 1. The second-order valence-corrected chi connectivity index (χ2v) is 8.41. The monoisotopic (exact) mass is 451 g/mol. The lowest BCUT2D eigenvalue weighted by atomic mass is 10.0. The highest BCUT2D eigenvalue weighted by molar-refractivity contribution is 5.93. The SMILES string of the molecule is CC(C)(N)C(=O)N[C@H](COCc1ccccc1)/C(N)=N/N(N)CC(C#N)Cc1ccccc1. The summed E-state index contributed by atoms with van der Waals surface area (Å²) in [6, 6.07) is 20.8. The molecule has 176 valence electrons. The lowest BCUT2D eigenvalue weighted by molar-refractivity contribution is -0.125. The largest absolute Gasteiger partial charge is 0.384 e. The molecule has 2 aromatic rings. The zero-order chi connectivity index (χ0) is 24.3. The third kappa shape index (κ3) is 9.29. The summed E-state index contributed by atoms with van der Waals surface area (Å²) in [6.45, 7) is 3.76. The van der Waals surface area contributed by atoms with E-state index in [1.165, 1.54) is 0 Å². The first-order chi connectivity index (χ1) is 15.7. The van der Waals surface area contributed by atoms with Gasteiger partial charge in [-0.3, -0.25) is 4.79 Å². The van der Waals surface area contributed by atoms with Crippen molar-refractivity contribution in [3.05, 3.63) is 71.8 Å². The molecule has 0 bridgehead atoms. The van der Waals surface area contributed by atoms with Crippen LogP contribution in [0.15, 0.2) is 65.8 Å². The van der Waals surface area contributed by atoms with Gasteiger partial charge in [-0.15, -0.1) is 5.10 Å². The molecule has 0 aromatic heterocycles. The summed E-state index contributed by atoms with van der Waals surface area (Å²) in [5, 5.41) is 17.6. The molecule has 2 rings (SSSR count). The van der Waals surface area contributed by atoms with E-state index < -0.39 is 17.5 Å². The summed E-state index contributed by atoms with van der Waals surface area (Å²) >= 11 is 0. The summed E-state index contributed by atoms with van der Waals surface area (Å²) in [7, 11) is 0. The Morgan fingerprint density at radius 1 is 1.15 bits per heavy atom. The van der Waals surface area contributed by atoms with Crippen molar-refractivity contribution in [2.75, 3.05) is 13.2 Å². The number of hydrogen-bond acceptors (Lipinski definition) is 7. The normalized spacial score (nSPS) is 13.6. The minimum Gasteiger partial charge on any atom is -0.384 e. The molecule has 0 saturated heterocycles. The molecule has 0 heterocycles. The molecule has 33 heavy (non-hydrogen) atoms. The van der Waals surface area contributed by atoms with Gasteiger partial charge < -0.3 is 21.5 Å². The maximum absolute atomic E-state index is 12.4. The van der Waals surface area contributed by atoms with Crippen molar-refractivity contribution in [1.82, 2.24) is 10.4 Å². The molecule has 9 nitrogen and oxygen atoms in total. The van der Waals surface area contributed by atoms with Gasteiger partial charge in [-0.25, -0.2) is 11.0 Å². The van der Waals surface area contributed by atoms with E-state index in [0.29, 0.717) is 13.0 Å². The Balaban J connectivity index is 2.04. The maximum atomic E-state index is 12.4. The smallest absolute Gasteiger partial charge is 0.240 e. The van der Waals surface area contributed by atoms with Crippen LogP contribution in [0.1, 0.15) is 25.0 Å². The van der Waals surface area contributed by atoms with Crippen molar-refractivity contribution < 1.29 is 9.53 Å². The fourth-order valence-electron chi connectivity index (χ4n) is 2.95. The van der Waals surface area contributed by atoms with E-state index in [4.69, 9.17) is 22.0 Å². The number of amidine groups is 1. The molecule has 7 N–H and O–H groups in total. The molecule has 1 amide bonds. The summed E-state index contributed by atoms with van der Waals surface area (Å²) < 4.78 is 5.75. The van der Waals surface area contributed by atoms with Crippen LogP contribution in [0.4, 0.5) is 0 Å². The second-order valence-electron chi connectivity index (χ2n) is 8.41. The fourth-order valence-corrected chi connectivity index (χ4v) is 2.95. The molecular weight excluding hydrogens is 418 g/mol. The number of benzene rings is 2. The van der Waals surface area contributed by atoms with Crippen molar-refractivity contribution in [2.45, 2.75) is 38.5 Å². The minimum atomic E-state index is -1.11. The highest BCUT2D eigenvalue weighted by atomic mass is 16.5. The average molecular weight is 452 g/mol. The molecule has 0 saturated carbocycles. The molecule has 0 fully saturated rings. The van der Waals surface area contributed by atoms with E-state index in [9.17, 15) is 10.1 Å². The molecular formula is C24H33N7O2. The Morgan fingerprint density at radius 2 is 1.73 bits per heavy atom. The third-order valence-corrected chi connectivity index (χ3v) is 4.80. The molecule has 2 aromatic carbocycles. The fraction of sp³-hybridized carbons (Fsp3) is 0.375. The number of nitrogens with zero attached hydrogens (tertiary/aromatic N) is 3. The summed E-state index contributed by atoms with van der Waals surface area (Å²) in [4.78, 5) is 12.4. The van der Waals surface area contributed by atoms with Crippen LogP contribution >= 0.6 is 0 Å². The highest BCUT2D eigenvalue weighted by Gasteiger charge is 2.27. The summed E-state index contributed by atoms with van der Waals surface area (Å²) in [5.74, 6) is 5.27. The third-order valence-electron chi connectivity index (χ3n) is 4.80. The van der Waals surface area contributed by atoms with Gasteiger partial charge in [-0.2, -0.15) is 5.26 Å². The number of hydrazine groups is 1. The van der Waals surface area contributed by atoms with Gasteiger partial charge in [0, 0.05) is 0 Å². The van der Waals surface area contributed by atoms with Gasteiger partial charge in [0.2, 0.25) is 5.91 Å². The van der Waals surface area contributed by atoms with Crippen molar-refractivity contribution in [3.8, 4) is 6.07 Å². The number of rotatable bonds is 12. The molecule has 0 aliphatic carbocycles. The number of carbonyl (C=O) groups is 1. The predicted octanol–water partition coefficient (Wildman–Crippen LogP) is 1.26. The molecule has 2 atom stereocenters. The van der Waals surface area contributed by atoms with E-state index in [0.717, 1.165) is 16.2 Å². The Kier molecular flexibility index (Phi) is 9.82. The minimum absolute atomic E-state index is 0.0552. The molecule has 1 unspecified atom stereocenters. The molecule has 0 aliphatic rings. The quantitative estimate of drug-likeness (QED) is 0.164. The van der Waals surface area contributed by atoms with Crippen LogP contribution < -0.4 is 22.6 Å². The lowest BCUT2D eigenvalue weighted by Crippen LogP contribution is -2.57. The lowest BCUT2D eigenvalue weighted by Gasteiger charge is -2.25. The zero-order valence-corrected chi connectivity index (χ0v) is 19.1. The Hall–Kier alpha value is -3.45. The van der Waals surface area contributed by atoms with Gasteiger partial charge in [0.15, 0.2) is 0 Å². The van der Waals surface area contributed by atoms with Gasteiger partial charge in [0.1, 0.15) is 11.9 Å². The molecule has 0 aliphatic heterocycles. The highest BCUT2D eigenvalue weighted by Crippen LogP contribution is 2.09. The van der Waals surface area contributed by atoms with Crippen molar-refractivity contribution in [3.63, 3.8) is 0 Å². The van der Waals surface area contributed by atoms with Crippen LogP contribution in [0, 0.1) is 17.2 Å². The van der Waals surface area contributed by atoms with Crippen LogP contribution in [0.5, 0.6) is 0 Å². The summed E-state index contributed by atoms with van der Waals surface area (Å²) in [5.41, 5.74) is 13.0. The van der Waals surface area contributed by atoms with Gasteiger partial charge in [0.05, 0.1) is 37.3 Å². The number of nitrogens with two attached hydrogens (primary N) is 3. The molecule has 0 spiro atoms. The number of nitriles is 1. The van der Waals surface area contributed by atoms with Gasteiger partial charge in [-0.05, 0) is 31.4 Å². The van der Waals surface area contributed by atoms with Crippen LogP contribution in [-0.2, 0) is 22.6 Å². The van der Waals surface area contributed by atoms with E-state index in [1.54, 1.807) is 13.8 Å². The van der Waals surface area contributed by atoms with Gasteiger partial charge in [0.25, 0.3) is 0 Å². The molecule has 9 heteroatoms. The van der Waals surface area contributed by atoms with Crippen LogP contribution in [0.2, 0.25) is 0 Å². The van der Waals surface area contributed by atoms with Gasteiger partial charge in [-0.1, -0.05) is 60.7 Å².